The maximum atomic E-state index is 10.5. The standard InChI is InChI=1S/C10H11NO3S/c11-9(15)5-6-14-8-3-1-7(2-4-8)10(12)13/h1-4H,5-6H2,(H2,11,15)(H,12,13). The van der Waals surface area contributed by atoms with Crippen LogP contribution in [0.2, 0.25) is 0 Å². The molecule has 5 heteroatoms. The van der Waals surface area contributed by atoms with Crippen LogP contribution in [0.3, 0.4) is 0 Å². The predicted molar refractivity (Wildman–Crippen MR) is 60.3 cm³/mol. The lowest BCUT2D eigenvalue weighted by atomic mass is 10.2. The Labute approximate surface area is 92.7 Å². The molecule has 0 unspecified atom stereocenters. The molecule has 15 heavy (non-hydrogen) atoms. The van der Waals surface area contributed by atoms with Gasteiger partial charge in [0.2, 0.25) is 0 Å². The zero-order valence-corrected chi connectivity index (χ0v) is 8.79. The van der Waals surface area contributed by atoms with Gasteiger partial charge in [-0.15, -0.1) is 0 Å². The molecule has 0 atom stereocenters. The molecule has 0 amide bonds. The van der Waals surface area contributed by atoms with Crippen LogP contribution >= 0.6 is 12.2 Å². The van der Waals surface area contributed by atoms with Gasteiger partial charge in [0.15, 0.2) is 0 Å². The first-order chi connectivity index (χ1) is 7.09. The number of thiocarbonyl (C=S) groups is 1. The summed E-state index contributed by atoms with van der Waals surface area (Å²) in [4.78, 5) is 10.9. The molecular formula is C10H11NO3S. The number of hydrogen-bond acceptors (Lipinski definition) is 3. The molecule has 0 aliphatic rings. The summed E-state index contributed by atoms with van der Waals surface area (Å²) in [6.45, 7) is 0.405. The molecule has 1 aromatic carbocycles. The van der Waals surface area contributed by atoms with Crippen molar-refractivity contribution in [1.29, 1.82) is 0 Å². The van der Waals surface area contributed by atoms with E-state index in [4.69, 9.17) is 15.6 Å². The summed E-state index contributed by atoms with van der Waals surface area (Å²) in [6.07, 6.45) is 0.510. The van der Waals surface area contributed by atoms with E-state index in [-0.39, 0.29) is 5.56 Å². The zero-order valence-electron chi connectivity index (χ0n) is 7.97. The van der Waals surface area contributed by atoms with Crippen LogP contribution < -0.4 is 10.5 Å². The zero-order chi connectivity index (χ0) is 11.3. The van der Waals surface area contributed by atoms with Gasteiger partial charge in [0, 0.05) is 6.42 Å². The molecule has 0 aliphatic carbocycles. The third-order valence-electron chi connectivity index (χ3n) is 1.72. The molecule has 0 aromatic heterocycles. The van der Waals surface area contributed by atoms with Crippen molar-refractivity contribution in [3.8, 4) is 5.75 Å². The van der Waals surface area contributed by atoms with E-state index in [0.29, 0.717) is 23.8 Å². The van der Waals surface area contributed by atoms with Crippen molar-refractivity contribution in [2.75, 3.05) is 6.61 Å². The Morgan fingerprint density at radius 3 is 2.47 bits per heavy atom. The van der Waals surface area contributed by atoms with Crippen LogP contribution in [0.1, 0.15) is 16.8 Å². The van der Waals surface area contributed by atoms with Gasteiger partial charge < -0.3 is 15.6 Å². The summed E-state index contributed by atoms with van der Waals surface area (Å²) in [5, 5.41) is 8.65. The van der Waals surface area contributed by atoms with Crippen molar-refractivity contribution in [2.45, 2.75) is 6.42 Å². The number of hydrogen-bond donors (Lipinski definition) is 2. The lowest BCUT2D eigenvalue weighted by Crippen LogP contribution is -2.12. The summed E-state index contributed by atoms with van der Waals surface area (Å²) in [6, 6.07) is 6.17. The Morgan fingerprint density at radius 2 is 2.00 bits per heavy atom. The second kappa shape index (κ2) is 5.31. The first kappa shape index (κ1) is 11.5. The van der Waals surface area contributed by atoms with E-state index in [1.165, 1.54) is 12.1 Å². The van der Waals surface area contributed by atoms with Crippen molar-refractivity contribution >= 4 is 23.2 Å². The molecule has 0 fully saturated rings. The number of carbonyl (C=O) groups is 1. The Kier molecular flexibility index (Phi) is 4.05. The first-order valence-electron chi connectivity index (χ1n) is 4.34. The second-order valence-electron chi connectivity index (χ2n) is 2.89. The lowest BCUT2D eigenvalue weighted by molar-refractivity contribution is 0.0697. The van der Waals surface area contributed by atoms with E-state index in [0.717, 1.165) is 0 Å². The van der Waals surface area contributed by atoms with Crippen LogP contribution in [0.4, 0.5) is 0 Å². The largest absolute Gasteiger partial charge is 0.493 e. The number of carboxylic acid groups (broad SMARTS) is 1. The van der Waals surface area contributed by atoms with Crippen LogP contribution in [0, 0.1) is 0 Å². The van der Waals surface area contributed by atoms with Crippen molar-refractivity contribution in [3.63, 3.8) is 0 Å². The van der Waals surface area contributed by atoms with E-state index >= 15 is 0 Å². The Bertz CT molecular complexity index is 361. The Hall–Kier alpha value is -1.62. The average molecular weight is 225 g/mol. The summed E-state index contributed by atoms with van der Waals surface area (Å²) < 4.78 is 5.29. The highest BCUT2D eigenvalue weighted by Gasteiger charge is 2.01. The van der Waals surface area contributed by atoms with Gasteiger partial charge in [-0.05, 0) is 24.3 Å². The molecule has 0 saturated carbocycles. The molecule has 1 aromatic rings. The predicted octanol–water partition coefficient (Wildman–Crippen LogP) is 1.44. The molecule has 0 saturated heterocycles. The highest BCUT2D eigenvalue weighted by molar-refractivity contribution is 7.80. The number of ether oxygens (including phenoxy) is 1. The topological polar surface area (TPSA) is 72.5 Å². The quantitative estimate of drug-likeness (QED) is 0.742. The van der Waals surface area contributed by atoms with E-state index < -0.39 is 5.97 Å². The van der Waals surface area contributed by atoms with Gasteiger partial charge in [0.1, 0.15) is 5.75 Å². The summed E-state index contributed by atoms with van der Waals surface area (Å²) in [7, 11) is 0. The maximum absolute atomic E-state index is 10.5. The summed E-state index contributed by atoms with van der Waals surface area (Å²) in [5.41, 5.74) is 5.53. The number of aromatic carboxylic acids is 1. The Morgan fingerprint density at radius 1 is 1.40 bits per heavy atom. The molecule has 80 valence electrons. The van der Waals surface area contributed by atoms with E-state index in [1.807, 2.05) is 0 Å². The molecular weight excluding hydrogens is 214 g/mol. The molecule has 0 bridgehead atoms. The highest BCUT2D eigenvalue weighted by Crippen LogP contribution is 2.12. The van der Waals surface area contributed by atoms with Crippen LogP contribution in [-0.2, 0) is 0 Å². The van der Waals surface area contributed by atoms with Gasteiger partial charge in [-0.25, -0.2) is 4.79 Å². The van der Waals surface area contributed by atoms with Gasteiger partial charge in [-0.3, -0.25) is 0 Å². The van der Waals surface area contributed by atoms with Gasteiger partial charge in [-0.2, -0.15) is 0 Å². The average Bonchev–Trinajstić information content (AvgIpc) is 2.18. The molecule has 0 spiro atoms. The van der Waals surface area contributed by atoms with E-state index in [1.54, 1.807) is 12.1 Å². The smallest absolute Gasteiger partial charge is 0.335 e. The van der Waals surface area contributed by atoms with Gasteiger partial charge in [0.05, 0.1) is 17.2 Å². The third-order valence-corrected chi connectivity index (χ3v) is 1.92. The van der Waals surface area contributed by atoms with Crippen molar-refractivity contribution in [1.82, 2.24) is 0 Å². The minimum absolute atomic E-state index is 0.233. The van der Waals surface area contributed by atoms with Gasteiger partial charge in [-0.1, -0.05) is 12.2 Å². The van der Waals surface area contributed by atoms with Crippen molar-refractivity contribution in [2.24, 2.45) is 5.73 Å². The summed E-state index contributed by atoms with van der Waals surface area (Å²) in [5.74, 6) is -0.346. The number of carboxylic acids is 1. The number of rotatable bonds is 5. The third kappa shape index (κ3) is 3.95. The van der Waals surface area contributed by atoms with E-state index in [9.17, 15) is 4.79 Å². The normalized spacial score (nSPS) is 9.60. The molecule has 0 aliphatic heterocycles. The molecule has 1 rings (SSSR count). The van der Waals surface area contributed by atoms with Crippen LogP contribution in [-0.4, -0.2) is 22.7 Å². The Balaban J connectivity index is 2.50. The molecule has 0 heterocycles. The monoisotopic (exact) mass is 225 g/mol. The number of nitrogens with two attached hydrogens (primary N) is 1. The minimum atomic E-state index is -0.954. The number of benzene rings is 1. The van der Waals surface area contributed by atoms with Gasteiger partial charge >= 0.3 is 5.97 Å². The van der Waals surface area contributed by atoms with Crippen molar-refractivity contribution < 1.29 is 14.6 Å². The van der Waals surface area contributed by atoms with Gasteiger partial charge in [0.25, 0.3) is 0 Å². The fourth-order valence-electron chi connectivity index (χ4n) is 0.963. The highest BCUT2D eigenvalue weighted by atomic mass is 32.1. The van der Waals surface area contributed by atoms with Crippen molar-refractivity contribution in [3.05, 3.63) is 29.8 Å². The minimum Gasteiger partial charge on any atom is -0.493 e. The second-order valence-corrected chi connectivity index (χ2v) is 3.42. The fraction of sp³-hybridized carbons (Fsp3) is 0.200. The molecule has 0 radical (unpaired) electrons. The SMILES string of the molecule is NC(=S)CCOc1ccc(C(=O)O)cc1. The van der Waals surface area contributed by atoms with Crippen LogP contribution in [0.15, 0.2) is 24.3 Å². The van der Waals surface area contributed by atoms with E-state index in [2.05, 4.69) is 12.2 Å². The molecule has 3 N–H and O–H groups in total. The summed E-state index contributed by atoms with van der Waals surface area (Å²) >= 11 is 4.69. The van der Waals surface area contributed by atoms with Crippen LogP contribution in [0.25, 0.3) is 0 Å². The maximum Gasteiger partial charge on any atom is 0.335 e. The molecule has 4 nitrogen and oxygen atoms in total. The fourth-order valence-corrected chi connectivity index (χ4v) is 1.05. The van der Waals surface area contributed by atoms with Crippen LogP contribution in [0.5, 0.6) is 5.75 Å². The lowest BCUT2D eigenvalue weighted by Gasteiger charge is -2.05. The first-order valence-corrected chi connectivity index (χ1v) is 4.75.